The molecule has 0 aromatic carbocycles. The minimum absolute atomic E-state index is 0.0211. The van der Waals surface area contributed by atoms with Crippen molar-refractivity contribution < 1.29 is 4.79 Å². The van der Waals surface area contributed by atoms with Gasteiger partial charge in [-0.1, -0.05) is 6.92 Å². The lowest BCUT2D eigenvalue weighted by Gasteiger charge is -2.28. The Morgan fingerprint density at radius 3 is 2.85 bits per heavy atom. The van der Waals surface area contributed by atoms with Crippen LogP contribution in [-0.2, 0) is 20.0 Å². The Hall–Kier alpha value is -2.44. The molecule has 1 atom stereocenters. The highest BCUT2D eigenvalue weighted by Gasteiger charge is 2.35. The van der Waals surface area contributed by atoms with Crippen molar-refractivity contribution in [3.05, 3.63) is 45.1 Å². The normalized spacial score (nSPS) is 17.9. The smallest absolute Gasteiger partial charge is 0.266 e. The summed E-state index contributed by atoms with van der Waals surface area (Å²) in [5.74, 6) is 0.476. The third kappa shape index (κ3) is 2.85. The average molecular weight is 355 g/mol. The van der Waals surface area contributed by atoms with Gasteiger partial charge in [-0.05, 0) is 26.2 Å². The van der Waals surface area contributed by atoms with Crippen LogP contribution >= 0.6 is 0 Å². The van der Waals surface area contributed by atoms with Gasteiger partial charge in [-0.2, -0.15) is 10.2 Å². The standard InChI is InChI=1S/C19H25N5O2/c1-4-12(2)24-18(13-5-6-13)15(10-20-24)19(26)23-8-7-16-14(11-23)9-17(25)22(3)21-16/h9-10,12-13H,4-8,11H2,1-3H3/t12-/m0/s1. The first-order valence-electron chi connectivity index (χ1n) is 9.42. The van der Waals surface area contributed by atoms with E-state index >= 15 is 0 Å². The van der Waals surface area contributed by atoms with Gasteiger partial charge in [0.25, 0.3) is 11.5 Å². The third-order valence-corrected chi connectivity index (χ3v) is 5.56. The van der Waals surface area contributed by atoms with Gasteiger partial charge < -0.3 is 4.90 Å². The molecule has 1 aliphatic carbocycles. The second kappa shape index (κ2) is 6.37. The van der Waals surface area contributed by atoms with E-state index < -0.39 is 0 Å². The zero-order chi connectivity index (χ0) is 18.4. The van der Waals surface area contributed by atoms with E-state index in [1.165, 1.54) is 4.68 Å². The van der Waals surface area contributed by atoms with Crippen LogP contribution < -0.4 is 5.56 Å². The van der Waals surface area contributed by atoms with Crippen molar-refractivity contribution in [2.45, 2.75) is 58.0 Å². The lowest BCUT2D eigenvalue weighted by Crippen LogP contribution is -2.38. The first-order valence-corrected chi connectivity index (χ1v) is 9.42. The number of fused-ring (bicyclic) bond motifs is 1. The fourth-order valence-electron chi connectivity index (χ4n) is 3.66. The van der Waals surface area contributed by atoms with E-state index in [1.807, 2.05) is 9.58 Å². The molecule has 0 unspecified atom stereocenters. The van der Waals surface area contributed by atoms with E-state index in [2.05, 4.69) is 24.0 Å². The summed E-state index contributed by atoms with van der Waals surface area (Å²) in [5.41, 5.74) is 3.45. The molecule has 3 heterocycles. The Morgan fingerprint density at radius 2 is 2.15 bits per heavy atom. The second-order valence-corrected chi connectivity index (χ2v) is 7.47. The van der Waals surface area contributed by atoms with Crippen LogP contribution in [0.5, 0.6) is 0 Å². The van der Waals surface area contributed by atoms with Crippen molar-refractivity contribution in [3.8, 4) is 0 Å². The van der Waals surface area contributed by atoms with Crippen LogP contribution in [0.1, 0.15) is 72.4 Å². The van der Waals surface area contributed by atoms with E-state index in [0.29, 0.717) is 31.5 Å². The van der Waals surface area contributed by atoms with Gasteiger partial charge in [0, 0.05) is 50.1 Å². The summed E-state index contributed by atoms with van der Waals surface area (Å²) in [6, 6.07) is 1.90. The van der Waals surface area contributed by atoms with Gasteiger partial charge in [-0.25, -0.2) is 4.68 Å². The molecule has 1 aliphatic heterocycles. The Kier molecular flexibility index (Phi) is 4.17. The largest absolute Gasteiger partial charge is 0.334 e. The summed E-state index contributed by atoms with van der Waals surface area (Å²) in [7, 11) is 1.66. The number of carbonyl (C=O) groups excluding carboxylic acids is 1. The van der Waals surface area contributed by atoms with Crippen molar-refractivity contribution in [1.82, 2.24) is 24.5 Å². The van der Waals surface area contributed by atoms with Gasteiger partial charge in [-0.15, -0.1) is 0 Å². The Morgan fingerprint density at radius 1 is 1.38 bits per heavy atom. The number of nitrogens with zero attached hydrogens (tertiary/aromatic N) is 5. The predicted molar refractivity (Wildman–Crippen MR) is 97.1 cm³/mol. The molecule has 4 rings (SSSR count). The lowest BCUT2D eigenvalue weighted by molar-refractivity contribution is 0.0731. The molecule has 0 spiro atoms. The number of amides is 1. The van der Waals surface area contributed by atoms with Crippen molar-refractivity contribution in [1.29, 1.82) is 0 Å². The maximum Gasteiger partial charge on any atom is 0.266 e. The van der Waals surface area contributed by atoms with Crippen LogP contribution in [0.15, 0.2) is 17.1 Å². The van der Waals surface area contributed by atoms with Crippen LogP contribution in [0.25, 0.3) is 0 Å². The number of hydrogen-bond acceptors (Lipinski definition) is 4. The molecular formula is C19H25N5O2. The maximum absolute atomic E-state index is 13.2. The van der Waals surface area contributed by atoms with Crippen LogP contribution in [0, 0.1) is 0 Å². The van der Waals surface area contributed by atoms with E-state index in [9.17, 15) is 9.59 Å². The minimum atomic E-state index is -0.138. The Balaban J connectivity index is 1.63. The molecule has 2 aromatic heterocycles. The fourth-order valence-corrected chi connectivity index (χ4v) is 3.66. The summed E-state index contributed by atoms with van der Waals surface area (Å²) in [6.45, 7) is 5.34. The van der Waals surface area contributed by atoms with Gasteiger partial charge in [0.2, 0.25) is 0 Å². The molecule has 0 bridgehead atoms. The molecule has 138 valence electrons. The molecule has 1 saturated carbocycles. The Bertz CT molecular complexity index is 909. The van der Waals surface area contributed by atoms with Crippen LogP contribution in [0.2, 0.25) is 0 Å². The zero-order valence-electron chi connectivity index (χ0n) is 15.6. The summed E-state index contributed by atoms with van der Waals surface area (Å²) in [6.07, 6.45) is 5.66. The number of hydrogen-bond donors (Lipinski definition) is 0. The summed E-state index contributed by atoms with van der Waals surface area (Å²) in [5, 5.41) is 8.86. The Labute approximate surface area is 152 Å². The molecular weight excluding hydrogens is 330 g/mol. The highest BCUT2D eigenvalue weighted by molar-refractivity contribution is 5.95. The minimum Gasteiger partial charge on any atom is -0.334 e. The summed E-state index contributed by atoms with van der Waals surface area (Å²) < 4.78 is 3.40. The molecule has 0 radical (unpaired) electrons. The number of aromatic nitrogens is 4. The van der Waals surface area contributed by atoms with Crippen LogP contribution in [0.4, 0.5) is 0 Å². The van der Waals surface area contributed by atoms with E-state index in [1.54, 1.807) is 19.3 Å². The van der Waals surface area contributed by atoms with Crippen molar-refractivity contribution >= 4 is 5.91 Å². The van der Waals surface area contributed by atoms with E-state index in [4.69, 9.17) is 0 Å². The molecule has 7 heteroatoms. The van der Waals surface area contributed by atoms with Gasteiger partial charge in [0.1, 0.15) is 0 Å². The number of aryl methyl sites for hydroxylation is 1. The quantitative estimate of drug-likeness (QED) is 0.841. The van der Waals surface area contributed by atoms with E-state index in [-0.39, 0.29) is 11.5 Å². The third-order valence-electron chi connectivity index (χ3n) is 5.56. The molecule has 2 aliphatic rings. The molecule has 0 N–H and O–H groups in total. The molecule has 1 amide bonds. The van der Waals surface area contributed by atoms with Crippen molar-refractivity contribution in [2.24, 2.45) is 7.05 Å². The van der Waals surface area contributed by atoms with E-state index in [0.717, 1.165) is 41.8 Å². The van der Waals surface area contributed by atoms with Crippen LogP contribution in [0.3, 0.4) is 0 Å². The van der Waals surface area contributed by atoms with Crippen molar-refractivity contribution in [2.75, 3.05) is 6.54 Å². The van der Waals surface area contributed by atoms with Crippen LogP contribution in [-0.4, -0.2) is 36.9 Å². The number of rotatable bonds is 4. The number of carbonyl (C=O) groups is 1. The first-order chi connectivity index (χ1) is 12.5. The maximum atomic E-state index is 13.2. The molecule has 0 saturated heterocycles. The predicted octanol–water partition coefficient (Wildman–Crippen LogP) is 2.02. The average Bonchev–Trinajstić information content (AvgIpc) is 3.39. The summed E-state index contributed by atoms with van der Waals surface area (Å²) in [4.78, 5) is 26.9. The SMILES string of the molecule is CC[C@H](C)n1ncc(C(=O)N2CCc3nn(C)c(=O)cc3C2)c1C1CC1. The topological polar surface area (TPSA) is 73.0 Å². The monoisotopic (exact) mass is 355 g/mol. The van der Waals surface area contributed by atoms with Crippen molar-refractivity contribution in [3.63, 3.8) is 0 Å². The second-order valence-electron chi connectivity index (χ2n) is 7.47. The highest BCUT2D eigenvalue weighted by Crippen LogP contribution is 2.43. The van der Waals surface area contributed by atoms with Gasteiger partial charge in [-0.3, -0.25) is 14.3 Å². The van der Waals surface area contributed by atoms with Gasteiger partial charge >= 0.3 is 0 Å². The lowest BCUT2D eigenvalue weighted by atomic mass is 10.0. The molecule has 1 fully saturated rings. The first kappa shape index (κ1) is 17.0. The fraction of sp³-hybridized carbons (Fsp3) is 0.579. The zero-order valence-corrected chi connectivity index (χ0v) is 15.6. The molecule has 26 heavy (non-hydrogen) atoms. The van der Waals surface area contributed by atoms with Gasteiger partial charge in [0.05, 0.1) is 23.1 Å². The summed E-state index contributed by atoms with van der Waals surface area (Å²) >= 11 is 0. The molecule has 7 nitrogen and oxygen atoms in total. The van der Waals surface area contributed by atoms with Gasteiger partial charge in [0.15, 0.2) is 0 Å². The molecule has 2 aromatic rings. The highest BCUT2D eigenvalue weighted by atomic mass is 16.2.